The van der Waals surface area contributed by atoms with Gasteiger partial charge in [0.15, 0.2) is 0 Å². The Labute approximate surface area is 210 Å². The van der Waals surface area contributed by atoms with Gasteiger partial charge in [0.2, 0.25) is 0 Å². The van der Waals surface area contributed by atoms with Crippen molar-refractivity contribution in [2.24, 2.45) is 0 Å². The van der Waals surface area contributed by atoms with E-state index in [2.05, 4.69) is 128 Å². The minimum atomic E-state index is 0.930. The molecule has 0 saturated carbocycles. The molecule has 0 saturated heterocycles. The Morgan fingerprint density at radius 1 is 0.417 bits per heavy atom. The van der Waals surface area contributed by atoms with Gasteiger partial charge in [0.1, 0.15) is 11.6 Å². The Kier molecular flexibility index (Phi) is 4.40. The van der Waals surface area contributed by atoms with Crippen molar-refractivity contribution in [1.29, 1.82) is 0 Å². The summed E-state index contributed by atoms with van der Waals surface area (Å²) in [4.78, 5) is 5.30. The summed E-state index contributed by atoms with van der Waals surface area (Å²) in [5.74, 6) is 1.86. The molecule has 3 heterocycles. The Morgan fingerprint density at radius 3 is 1.03 bits per heavy atom. The van der Waals surface area contributed by atoms with E-state index in [0.29, 0.717) is 0 Å². The molecular formula is C33H27N3. The molecule has 174 valence electrons. The van der Waals surface area contributed by atoms with Crippen LogP contribution >= 0.6 is 0 Å². The van der Waals surface area contributed by atoms with Crippen LogP contribution in [0.5, 0.6) is 0 Å². The van der Waals surface area contributed by atoms with E-state index in [1.807, 2.05) is 0 Å². The van der Waals surface area contributed by atoms with Crippen molar-refractivity contribution in [3.8, 4) is 11.6 Å². The average molecular weight is 466 g/mol. The highest BCUT2D eigenvalue weighted by Crippen LogP contribution is 2.35. The minimum Gasteiger partial charge on any atom is -0.294 e. The Balaban J connectivity index is 1.57. The molecule has 0 aliphatic heterocycles. The number of aromatic nitrogens is 3. The summed E-state index contributed by atoms with van der Waals surface area (Å²) in [6.07, 6.45) is 0. The lowest BCUT2D eigenvalue weighted by Gasteiger charge is -2.12. The van der Waals surface area contributed by atoms with Gasteiger partial charge >= 0.3 is 0 Å². The van der Waals surface area contributed by atoms with Crippen LogP contribution in [0.25, 0.3) is 55.2 Å². The summed E-state index contributed by atoms with van der Waals surface area (Å²) in [7, 11) is 0. The summed E-state index contributed by atoms with van der Waals surface area (Å²) >= 11 is 0. The number of rotatable bonds is 2. The van der Waals surface area contributed by atoms with E-state index in [4.69, 9.17) is 4.98 Å². The fraction of sp³-hybridized carbons (Fsp3) is 0.121. The molecule has 0 amide bonds. The number of hydrogen-bond donors (Lipinski definition) is 0. The summed E-state index contributed by atoms with van der Waals surface area (Å²) in [6, 6.07) is 33.2. The predicted molar refractivity (Wildman–Crippen MR) is 152 cm³/mol. The Morgan fingerprint density at radius 2 is 0.722 bits per heavy atom. The largest absolute Gasteiger partial charge is 0.294 e. The zero-order valence-corrected chi connectivity index (χ0v) is 21.0. The van der Waals surface area contributed by atoms with Crippen molar-refractivity contribution in [2.75, 3.05) is 0 Å². The van der Waals surface area contributed by atoms with Crippen LogP contribution in [-0.4, -0.2) is 14.1 Å². The number of aryl methyl sites for hydroxylation is 4. The third kappa shape index (κ3) is 3.02. The molecule has 3 heteroatoms. The maximum Gasteiger partial charge on any atom is 0.140 e. The van der Waals surface area contributed by atoms with Gasteiger partial charge in [-0.25, -0.2) is 4.98 Å². The van der Waals surface area contributed by atoms with Crippen molar-refractivity contribution in [3.05, 3.63) is 113 Å². The zero-order valence-electron chi connectivity index (χ0n) is 21.0. The van der Waals surface area contributed by atoms with E-state index < -0.39 is 0 Å². The lowest BCUT2D eigenvalue weighted by Crippen LogP contribution is -2.03. The number of nitrogens with zero attached hydrogens (tertiary/aromatic N) is 3. The first-order valence-corrected chi connectivity index (χ1v) is 12.5. The zero-order chi connectivity index (χ0) is 24.6. The van der Waals surface area contributed by atoms with Crippen LogP contribution in [0.4, 0.5) is 0 Å². The number of benzene rings is 4. The fourth-order valence-electron chi connectivity index (χ4n) is 5.63. The normalized spacial score (nSPS) is 11.9. The van der Waals surface area contributed by atoms with Gasteiger partial charge < -0.3 is 0 Å². The quantitative estimate of drug-likeness (QED) is 0.251. The molecule has 0 spiro atoms. The van der Waals surface area contributed by atoms with Gasteiger partial charge in [-0.15, -0.1) is 0 Å². The topological polar surface area (TPSA) is 22.8 Å². The second-order valence-corrected chi connectivity index (χ2v) is 10.1. The SMILES string of the molecule is Cc1ccc2c3ccc(C)cc3n(-c3cccc(-n4c5cc(C)ccc5c5ccc(C)cc54)n3)c2c1. The van der Waals surface area contributed by atoms with Gasteiger partial charge in [-0.3, -0.25) is 9.13 Å². The van der Waals surface area contributed by atoms with E-state index in [1.165, 1.54) is 65.9 Å². The monoisotopic (exact) mass is 465 g/mol. The van der Waals surface area contributed by atoms with Crippen molar-refractivity contribution in [2.45, 2.75) is 27.7 Å². The molecule has 3 aromatic heterocycles. The van der Waals surface area contributed by atoms with Gasteiger partial charge in [0.25, 0.3) is 0 Å². The third-order valence-corrected chi connectivity index (χ3v) is 7.33. The molecule has 7 aromatic rings. The number of pyridine rings is 1. The van der Waals surface area contributed by atoms with Gasteiger partial charge in [-0.2, -0.15) is 0 Å². The summed E-state index contributed by atoms with van der Waals surface area (Å²) in [5, 5.41) is 5.02. The molecule has 0 unspecified atom stereocenters. The highest BCUT2D eigenvalue weighted by atomic mass is 15.1. The molecule has 0 fully saturated rings. The molecule has 7 rings (SSSR count). The van der Waals surface area contributed by atoms with E-state index >= 15 is 0 Å². The van der Waals surface area contributed by atoms with Crippen LogP contribution in [-0.2, 0) is 0 Å². The second-order valence-electron chi connectivity index (χ2n) is 10.1. The smallest absolute Gasteiger partial charge is 0.140 e. The van der Waals surface area contributed by atoms with Crippen molar-refractivity contribution < 1.29 is 0 Å². The number of hydrogen-bond acceptors (Lipinski definition) is 1. The summed E-state index contributed by atoms with van der Waals surface area (Å²) in [5.41, 5.74) is 9.73. The molecule has 0 N–H and O–H groups in total. The van der Waals surface area contributed by atoms with Crippen LogP contribution in [0.15, 0.2) is 91.0 Å². The first-order chi connectivity index (χ1) is 17.5. The maximum atomic E-state index is 5.30. The number of fused-ring (bicyclic) bond motifs is 6. The van der Waals surface area contributed by atoms with Gasteiger partial charge in [0.05, 0.1) is 22.1 Å². The van der Waals surface area contributed by atoms with Crippen molar-refractivity contribution in [1.82, 2.24) is 14.1 Å². The Bertz CT molecular complexity index is 1720. The van der Waals surface area contributed by atoms with Crippen LogP contribution in [0.1, 0.15) is 22.3 Å². The lowest BCUT2D eigenvalue weighted by molar-refractivity contribution is 1.01. The highest BCUT2D eigenvalue weighted by Gasteiger charge is 2.17. The molecule has 0 atom stereocenters. The maximum absolute atomic E-state index is 5.30. The highest BCUT2D eigenvalue weighted by molar-refractivity contribution is 6.10. The molecule has 0 aliphatic rings. The molecule has 4 aromatic carbocycles. The molecule has 0 bridgehead atoms. The van der Waals surface area contributed by atoms with E-state index in [0.717, 1.165) is 11.6 Å². The van der Waals surface area contributed by atoms with E-state index in [9.17, 15) is 0 Å². The molecule has 0 aliphatic carbocycles. The van der Waals surface area contributed by atoms with Crippen molar-refractivity contribution >= 4 is 43.6 Å². The molecule has 3 nitrogen and oxygen atoms in total. The van der Waals surface area contributed by atoms with E-state index in [-0.39, 0.29) is 0 Å². The second kappa shape index (κ2) is 7.56. The molecule has 0 radical (unpaired) electrons. The van der Waals surface area contributed by atoms with Crippen LogP contribution in [0.3, 0.4) is 0 Å². The van der Waals surface area contributed by atoms with Crippen LogP contribution < -0.4 is 0 Å². The average Bonchev–Trinajstić information content (AvgIpc) is 3.34. The summed E-state index contributed by atoms with van der Waals surface area (Å²) in [6.45, 7) is 8.61. The molecule has 36 heavy (non-hydrogen) atoms. The predicted octanol–water partition coefficient (Wildman–Crippen LogP) is 8.51. The van der Waals surface area contributed by atoms with E-state index in [1.54, 1.807) is 0 Å². The Hall–Kier alpha value is -4.37. The first kappa shape index (κ1) is 21.0. The first-order valence-electron chi connectivity index (χ1n) is 12.5. The lowest BCUT2D eigenvalue weighted by atomic mass is 10.1. The standard InChI is InChI=1S/C33H27N3/c1-20-8-12-24-25-13-9-21(2)17-29(25)35(28(24)16-20)32-6-5-7-33(34-32)36-30-18-22(3)10-14-26(30)27-15-11-23(4)19-31(27)36/h5-19H,1-4H3. The fourth-order valence-corrected chi connectivity index (χ4v) is 5.63. The minimum absolute atomic E-state index is 0.930. The van der Waals surface area contributed by atoms with Gasteiger partial charge in [0, 0.05) is 21.5 Å². The third-order valence-electron chi connectivity index (χ3n) is 7.33. The van der Waals surface area contributed by atoms with Crippen LogP contribution in [0.2, 0.25) is 0 Å². The molecular weight excluding hydrogens is 438 g/mol. The van der Waals surface area contributed by atoms with Gasteiger partial charge in [-0.1, -0.05) is 54.6 Å². The van der Waals surface area contributed by atoms with Crippen LogP contribution in [0, 0.1) is 27.7 Å². The van der Waals surface area contributed by atoms with Crippen molar-refractivity contribution in [3.63, 3.8) is 0 Å². The van der Waals surface area contributed by atoms with Gasteiger partial charge in [-0.05, 0) is 86.3 Å². The summed E-state index contributed by atoms with van der Waals surface area (Å²) < 4.78 is 4.64.